The van der Waals surface area contributed by atoms with Crippen molar-refractivity contribution in [1.29, 1.82) is 0 Å². The molecule has 116 valence electrons. The monoisotopic (exact) mass is 293 g/mol. The van der Waals surface area contributed by atoms with Crippen LogP contribution in [0.3, 0.4) is 0 Å². The summed E-state index contributed by atoms with van der Waals surface area (Å²) in [7, 11) is 1.89. The molecule has 0 radical (unpaired) electrons. The Kier molecular flexibility index (Phi) is 5.31. The van der Waals surface area contributed by atoms with Crippen molar-refractivity contribution in [3.8, 4) is 0 Å². The number of benzene rings is 1. The molecule has 2 rings (SSSR count). The summed E-state index contributed by atoms with van der Waals surface area (Å²) in [6.07, 6.45) is 2.17. The third kappa shape index (κ3) is 4.02. The quantitative estimate of drug-likeness (QED) is 0.900. The van der Waals surface area contributed by atoms with Crippen LogP contribution in [0.25, 0.3) is 0 Å². The van der Waals surface area contributed by atoms with Crippen molar-refractivity contribution in [3.05, 3.63) is 35.6 Å². The van der Waals surface area contributed by atoms with Gasteiger partial charge in [0.15, 0.2) is 0 Å². The highest BCUT2D eigenvalue weighted by molar-refractivity contribution is 5.78. The van der Waals surface area contributed by atoms with Gasteiger partial charge in [-0.3, -0.25) is 9.69 Å². The van der Waals surface area contributed by atoms with Gasteiger partial charge in [0.1, 0.15) is 5.82 Å². The van der Waals surface area contributed by atoms with Crippen LogP contribution in [0.4, 0.5) is 4.39 Å². The molecule has 21 heavy (non-hydrogen) atoms. The number of likely N-dealkylation sites (tertiary alicyclic amines) is 1. The highest BCUT2D eigenvalue weighted by Crippen LogP contribution is 2.23. The lowest BCUT2D eigenvalue weighted by Gasteiger charge is -2.32. The molecule has 1 heterocycles. The Morgan fingerprint density at radius 1 is 1.33 bits per heavy atom. The van der Waals surface area contributed by atoms with Crippen LogP contribution in [0, 0.1) is 5.82 Å². The molecule has 1 aromatic rings. The number of halogens is 1. The molecule has 1 aromatic carbocycles. The molecule has 5 heteroatoms. The second-order valence-electron chi connectivity index (χ2n) is 5.86. The first kappa shape index (κ1) is 15.9. The van der Waals surface area contributed by atoms with Crippen molar-refractivity contribution in [2.75, 3.05) is 26.7 Å². The highest BCUT2D eigenvalue weighted by Gasteiger charge is 2.25. The summed E-state index contributed by atoms with van der Waals surface area (Å²) in [5.74, 6) is -0.124. The zero-order valence-electron chi connectivity index (χ0n) is 12.8. The van der Waals surface area contributed by atoms with Crippen LogP contribution >= 0.6 is 0 Å². The number of rotatable bonds is 5. The second kappa shape index (κ2) is 7.00. The van der Waals surface area contributed by atoms with E-state index in [-0.39, 0.29) is 23.8 Å². The standard InChI is InChI=1S/C16H24FN3O/c1-12(18)16(13-5-7-14(17)8-6-13)19(2)11-15(21)20-9-3-4-10-20/h5-8,12,16H,3-4,9-11,18H2,1-2H3. The van der Waals surface area contributed by atoms with Crippen molar-refractivity contribution in [1.82, 2.24) is 9.80 Å². The molecule has 1 amide bonds. The average molecular weight is 293 g/mol. The number of likely N-dealkylation sites (N-methyl/N-ethyl adjacent to an activating group) is 1. The molecule has 0 bridgehead atoms. The van der Waals surface area contributed by atoms with Crippen LogP contribution in [-0.4, -0.2) is 48.4 Å². The Balaban J connectivity index is 2.06. The van der Waals surface area contributed by atoms with Gasteiger partial charge in [0.2, 0.25) is 5.91 Å². The van der Waals surface area contributed by atoms with Gasteiger partial charge in [-0.2, -0.15) is 0 Å². The Morgan fingerprint density at radius 3 is 2.43 bits per heavy atom. The van der Waals surface area contributed by atoms with Gasteiger partial charge in [0, 0.05) is 25.2 Å². The first-order valence-corrected chi connectivity index (χ1v) is 7.48. The number of nitrogens with zero attached hydrogens (tertiary/aromatic N) is 2. The van der Waals surface area contributed by atoms with E-state index in [2.05, 4.69) is 0 Å². The maximum absolute atomic E-state index is 13.1. The third-order valence-corrected chi connectivity index (χ3v) is 4.03. The largest absolute Gasteiger partial charge is 0.342 e. The zero-order valence-corrected chi connectivity index (χ0v) is 12.8. The van der Waals surface area contributed by atoms with Crippen molar-refractivity contribution in [2.24, 2.45) is 5.73 Å². The maximum Gasteiger partial charge on any atom is 0.236 e. The van der Waals surface area contributed by atoms with Crippen molar-refractivity contribution in [2.45, 2.75) is 31.8 Å². The van der Waals surface area contributed by atoms with Crippen LogP contribution in [0.15, 0.2) is 24.3 Å². The molecule has 0 saturated carbocycles. The minimum Gasteiger partial charge on any atom is -0.342 e. The molecular formula is C16H24FN3O. The third-order valence-electron chi connectivity index (χ3n) is 4.03. The van der Waals surface area contributed by atoms with Gasteiger partial charge in [-0.1, -0.05) is 12.1 Å². The van der Waals surface area contributed by atoms with E-state index in [0.717, 1.165) is 31.5 Å². The van der Waals surface area contributed by atoms with Gasteiger partial charge < -0.3 is 10.6 Å². The van der Waals surface area contributed by atoms with Gasteiger partial charge in [-0.05, 0) is 44.5 Å². The minimum atomic E-state index is -0.266. The maximum atomic E-state index is 13.1. The van der Waals surface area contributed by atoms with E-state index < -0.39 is 0 Å². The van der Waals surface area contributed by atoms with Gasteiger partial charge in [-0.25, -0.2) is 4.39 Å². The van der Waals surface area contributed by atoms with E-state index in [4.69, 9.17) is 5.73 Å². The predicted octanol–water partition coefficient (Wildman–Crippen LogP) is 1.77. The summed E-state index contributed by atoms with van der Waals surface area (Å²) in [6.45, 7) is 3.95. The molecule has 0 aromatic heterocycles. The number of carbonyl (C=O) groups is 1. The molecular weight excluding hydrogens is 269 g/mol. The van der Waals surface area contributed by atoms with Crippen molar-refractivity contribution in [3.63, 3.8) is 0 Å². The smallest absolute Gasteiger partial charge is 0.236 e. The minimum absolute atomic E-state index is 0.0999. The van der Waals surface area contributed by atoms with Gasteiger partial charge >= 0.3 is 0 Å². The summed E-state index contributed by atoms with van der Waals surface area (Å²) in [6, 6.07) is 6.09. The summed E-state index contributed by atoms with van der Waals surface area (Å²) < 4.78 is 13.1. The van der Waals surface area contributed by atoms with Crippen LogP contribution in [-0.2, 0) is 4.79 Å². The molecule has 2 atom stereocenters. The number of nitrogens with two attached hydrogens (primary N) is 1. The molecule has 1 saturated heterocycles. The van der Waals surface area contributed by atoms with Crippen molar-refractivity contribution >= 4 is 5.91 Å². The van der Waals surface area contributed by atoms with Gasteiger partial charge in [-0.15, -0.1) is 0 Å². The Morgan fingerprint density at radius 2 is 1.90 bits per heavy atom. The Hall–Kier alpha value is -1.46. The lowest BCUT2D eigenvalue weighted by molar-refractivity contribution is -0.131. The first-order valence-electron chi connectivity index (χ1n) is 7.48. The first-order chi connectivity index (χ1) is 9.99. The number of hydrogen-bond donors (Lipinski definition) is 1. The summed E-state index contributed by atoms with van der Waals surface area (Å²) >= 11 is 0. The number of hydrogen-bond acceptors (Lipinski definition) is 3. The molecule has 1 aliphatic heterocycles. The second-order valence-corrected chi connectivity index (χ2v) is 5.86. The molecule has 1 fully saturated rings. The van der Waals surface area contributed by atoms with E-state index in [0.29, 0.717) is 6.54 Å². The Labute approximate surface area is 125 Å². The summed E-state index contributed by atoms with van der Waals surface area (Å²) in [4.78, 5) is 16.1. The molecule has 1 aliphatic rings. The predicted molar refractivity (Wildman–Crippen MR) is 81.2 cm³/mol. The summed E-state index contributed by atoms with van der Waals surface area (Å²) in [5, 5.41) is 0. The fourth-order valence-corrected chi connectivity index (χ4v) is 3.00. The SMILES string of the molecule is CC(N)C(c1ccc(F)cc1)N(C)CC(=O)N1CCCC1. The molecule has 0 spiro atoms. The van der Waals surface area contributed by atoms with E-state index in [1.165, 1.54) is 12.1 Å². The van der Waals surface area contributed by atoms with Crippen LogP contribution in [0.1, 0.15) is 31.4 Å². The van der Waals surface area contributed by atoms with Crippen LogP contribution in [0.2, 0.25) is 0 Å². The lowest BCUT2D eigenvalue weighted by atomic mass is 9.99. The zero-order chi connectivity index (χ0) is 15.4. The van der Waals surface area contributed by atoms with Gasteiger partial charge in [0.05, 0.1) is 6.54 Å². The van der Waals surface area contributed by atoms with E-state index in [1.54, 1.807) is 12.1 Å². The molecule has 2 N–H and O–H groups in total. The summed E-state index contributed by atoms with van der Waals surface area (Å²) in [5.41, 5.74) is 7.01. The molecule has 0 aliphatic carbocycles. The topological polar surface area (TPSA) is 49.6 Å². The van der Waals surface area contributed by atoms with Crippen LogP contribution in [0.5, 0.6) is 0 Å². The van der Waals surface area contributed by atoms with Crippen LogP contribution < -0.4 is 5.73 Å². The van der Waals surface area contributed by atoms with E-state index >= 15 is 0 Å². The molecule has 2 unspecified atom stereocenters. The normalized spacial score (nSPS) is 18.0. The highest BCUT2D eigenvalue weighted by atomic mass is 19.1. The fourth-order valence-electron chi connectivity index (χ4n) is 3.00. The van der Waals surface area contributed by atoms with E-state index in [9.17, 15) is 9.18 Å². The lowest BCUT2D eigenvalue weighted by Crippen LogP contribution is -2.43. The fraction of sp³-hybridized carbons (Fsp3) is 0.562. The Bertz CT molecular complexity index is 469. The molecule has 4 nitrogen and oxygen atoms in total. The average Bonchev–Trinajstić information content (AvgIpc) is 2.95. The van der Waals surface area contributed by atoms with E-state index in [1.807, 2.05) is 23.8 Å². The number of carbonyl (C=O) groups excluding carboxylic acids is 1. The van der Waals surface area contributed by atoms with Crippen molar-refractivity contribution < 1.29 is 9.18 Å². The van der Waals surface area contributed by atoms with Gasteiger partial charge in [0.25, 0.3) is 0 Å². The number of amides is 1.